The molecule has 3 aromatic carbocycles. The molecule has 3 aromatic rings. The van der Waals surface area contributed by atoms with Gasteiger partial charge < -0.3 is 10.1 Å². The van der Waals surface area contributed by atoms with Crippen molar-refractivity contribution in [1.29, 1.82) is 0 Å². The van der Waals surface area contributed by atoms with Crippen molar-refractivity contribution >= 4 is 29.6 Å². The summed E-state index contributed by atoms with van der Waals surface area (Å²) >= 11 is 6.07. The van der Waals surface area contributed by atoms with Gasteiger partial charge in [0.05, 0.1) is 7.11 Å². The second-order valence-electron chi connectivity index (χ2n) is 7.60. The van der Waals surface area contributed by atoms with Gasteiger partial charge in [0.1, 0.15) is 5.75 Å². The van der Waals surface area contributed by atoms with Gasteiger partial charge in [-0.2, -0.15) is 0 Å². The summed E-state index contributed by atoms with van der Waals surface area (Å²) < 4.78 is 6.93. The Hall–Kier alpha value is -3.64. The summed E-state index contributed by atoms with van der Waals surface area (Å²) in [6, 6.07) is 20.7. The number of hydrogen-bond acceptors (Lipinski definition) is 3. The monoisotopic (exact) mass is 448 g/mol. The zero-order valence-corrected chi connectivity index (χ0v) is 18.5. The summed E-state index contributed by atoms with van der Waals surface area (Å²) in [5, 5.41) is 3.49. The van der Waals surface area contributed by atoms with Gasteiger partial charge in [-0.1, -0.05) is 41.4 Å². The van der Waals surface area contributed by atoms with Crippen LogP contribution in [0.2, 0.25) is 5.02 Å². The van der Waals surface area contributed by atoms with Gasteiger partial charge >= 0.3 is 5.91 Å². The number of hydrogen-bond donors (Lipinski definition) is 2. The number of carbonyl (C=O) groups excluding carboxylic acids is 2. The van der Waals surface area contributed by atoms with Gasteiger partial charge in [0.2, 0.25) is 12.3 Å². The largest absolute Gasteiger partial charge is 0.497 e. The summed E-state index contributed by atoms with van der Waals surface area (Å²) in [5.41, 5.74) is 6.13. The Morgan fingerprint density at radius 1 is 1.03 bits per heavy atom. The number of hydrazine groups is 1. The molecule has 0 saturated carbocycles. The van der Waals surface area contributed by atoms with Crippen molar-refractivity contribution in [3.05, 3.63) is 100 Å². The van der Waals surface area contributed by atoms with E-state index in [2.05, 4.69) is 10.7 Å². The molecule has 162 valence electrons. The minimum Gasteiger partial charge on any atom is -0.497 e. The number of halogens is 1. The van der Waals surface area contributed by atoms with Crippen molar-refractivity contribution in [3.63, 3.8) is 0 Å². The fraction of sp³-hybridized carbons (Fsp3) is 0.160. The van der Waals surface area contributed by atoms with Crippen LogP contribution in [0.1, 0.15) is 33.1 Å². The lowest BCUT2D eigenvalue weighted by Crippen LogP contribution is -2.42. The molecular formula is C25H23ClN3O3+. The fourth-order valence-corrected chi connectivity index (χ4v) is 3.75. The van der Waals surface area contributed by atoms with Crippen LogP contribution in [0, 0.1) is 6.92 Å². The predicted octanol–water partition coefficient (Wildman–Crippen LogP) is 3.67. The van der Waals surface area contributed by atoms with E-state index in [1.54, 1.807) is 36.1 Å². The first-order valence-corrected chi connectivity index (χ1v) is 10.5. The fourth-order valence-electron chi connectivity index (χ4n) is 3.62. The number of methoxy groups -OCH3 is 1. The Morgan fingerprint density at radius 2 is 1.69 bits per heavy atom. The highest BCUT2D eigenvalue weighted by Crippen LogP contribution is 2.27. The molecule has 1 aliphatic heterocycles. The Labute approximate surface area is 191 Å². The highest BCUT2D eigenvalue weighted by molar-refractivity contribution is 6.30. The number of ether oxygens (including phenoxy) is 1. The Morgan fingerprint density at radius 3 is 2.31 bits per heavy atom. The van der Waals surface area contributed by atoms with E-state index in [1.165, 1.54) is 0 Å². The molecule has 4 rings (SSSR count). The van der Waals surface area contributed by atoms with Crippen LogP contribution >= 0.6 is 11.6 Å². The summed E-state index contributed by atoms with van der Waals surface area (Å²) in [4.78, 5) is 25.8. The molecule has 7 heteroatoms. The lowest BCUT2D eigenvalue weighted by atomic mass is 9.99. The molecule has 0 aromatic heterocycles. The molecule has 0 unspecified atom stereocenters. The summed E-state index contributed by atoms with van der Waals surface area (Å²) in [6.45, 7) is 1.95. The summed E-state index contributed by atoms with van der Waals surface area (Å²) in [6.07, 6.45) is 1.83. The molecule has 1 fully saturated rings. The van der Waals surface area contributed by atoms with Crippen molar-refractivity contribution in [2.75, 3.05) is 7.11 Å². The van der Waals surface area contributed by atoms with E-state index in [-0.39, 0.29) is 11.8 Å². The van der Waals surface area contributed by atoms with E-state index in [0.717, 1.165) is 22.4 Å². The standard InChI is InChI=1S/C25H22ClN3O3/c1-16-3-7-19(8-4-16)24(30)27-22-23(18-9-11-20(26)12-10-18)29(28-25(22)31)15-17-5-13-21(32-2)14-6-17/h3-15,22-23H,1-2H3,(H-,27,28,30,31)/p+1/b29-15-/t22-,23-/m0/s1. The minimum atomic E-state index is -0.792. The SMILES string of the molecule is COc1ccc(/C=[N+]2\NC(=O)[C@@H](NC(=O)c3ccc(C)cc3)[C@@H]2c2ccc(Cl)cc2)cc1. The third kappa shape index (κ3) is 4.65. The lowest BCUT2D eigenvalue weighted by Gasteiger charge is -2.15. The van der Waals surface area contributed by atoms with Crippen LogP contribution in [0.4, 0.5) is 0 Å². The molecular weight excluding hydrogens is 426 g/mol. The quantitative estimate of drug-likeness (QED) is 0.585. The van der Waals surface area contributed by atoms with Crippen LogP contribution in [-0.4, -0.2) is 35.9 Å². The Bertz CT molecular complexity index is 1160. The van der Waals surface area contributed by atoms with Crippen LogP contribution in [0.25, 0.3) is 0 Å². The number of rotatable bonds is 5. The third-order valence-corrected chi connectivity index (χ3v) is 5.61. The number of nitrogens with zero attached hydrogens (tertiary/aromatic N) is 1. The van der Waals surface area contributed by atoms with Gasteiger partial charge in [0.25, 0.3) is 5.91 Å². The molecule has 2 amide bonds. The first-order chi connectivity index (χ1) is 15.4. The van der Waals surface area contributed by atoms with Gasteiger partial charge in [0, 0.05) is 21.7 Å². The van der Waals surface area contributed by atoms with Crippen LogP contribution in [0.5, 0.6) is 5.75 Å². The molecule has 1 saturated heterocycles. The van der Waals surface area contributed by atoms with E-state index < -0.39 is 12.1 Å². The Kier molecular flexibility index (Phi) is 6.23. The van der Waals surface area contributed by atoms with Crippen LogP contribution < -0.4 is 15.5 Å². The molecule has 6 nitrogen and oxygen atoms in total. The second-order valence-corrected chi connectivity index (χ2v) is 8.04. The van der Waals surface area contributed by atoms with E-state index >= 15 is 0 Å². The number of amides is 2. The van der Waals surface area contributed by atoms with Gasteiger partial charge in [-0.25, -0.2) is 0 Å². The second kappa shape index (κ2) is 9.24. The predicted molar refractivity (Wildman–Crippen MR) is 123 cm³/mol. The van der Waals surface area contributed by atoms with Crippen molar-refractivity contribution < 1.29 is 19.0 Å². The molecule has 1 heterocycles. The van der Waals surface area contributed by atoms with E-state index in [1.807, 2.05) is 61.7 Å². The topological polar surface area (TPSA) is 70.4 Å². The maximum absolute atomic E-state index is 12.9. The molecule has 2 atom stereocenters. The molecule has 1 aliphatic rings. The van der Waals surface area contributed by atoms with Crippen LogP contribution in [0.3, 0.4) is 0 Å². The van der Waals surface area contributed by atoms with Crippen LogP contribution in [-0.2, 0) is 4.79 Å². The molecule has 0 aliphatic carbocycles. The van der Waals surface area contributed by atoms with Crippen molar-refractivity contribution in [1.82, 2.24) is 10.7 Å². The van der Waals surface area contributed by atoms with E-state index in [0.29, 0.717) is 10.6 Å². The maximum atomic E-state index is 12.9. The average Bonchev–Trinajstić information content (AvgIpc) is 3.09. The molecule has 0 radical (unpaired) electrons. The highest BCUT2D eigenvalue weighted by atomic mass is 35.5. The van der Waals surface area contributed by atoms with Gasteiger partial charge in [0.15, 0.2) is 6.04 Å². The van der Waals surface area contributed by atoms with Crippen molar-refractivity contribution in [2.24, 2.45) is 0 Å². The molecule has 32 heavy (non-hydrogen) atoms. The Balaban J connectivity index is 1.68. The number of hydrazone groups is 1. The first kappa shape index (κ1) is 21.6. The first-order valence-electron chi connectivity index (χ1n) is 10.2. The number of nitrogens with one attached hydrogen (secondary N) is 2. The average molecular weight is 449 g/mol. The van der Waals surface area contributed by atoms with Gasteiger partial charge in [-0.05, 0) is 55.5 Å². The highest BCUT2D eigenvalue weighted by Gasteiger charge is 2.47. The normalized spacial score (nSPS) is 19.0. The minimum absolute atomic E-state index is 0.296. The zero-order valence-electron chi connectivity index (χ0n) is 17.7. The van der Waals surface area contributed by atoms with Gasteiger partial charge in [-0.15, -0.1) is 10.1 Å². The molecule has 0 bridgehead atoms. The zero-order chi connectivity index (χ0) is 22.7. The van der Waals surface area contributed by atoms with Crippen molar-refractivity contribution in [2.45, 2.75) is 19.0 Å². The van der Waals surface area contributed by atoms with Crippen LogP contribution in [0.15, 0.2) is 72.8 Å². The third-order valence-electron chi connectivity index (χ3n) is 5.35. The lowest BCUT2D eigenvalue weighted by molar-refractivity contribution is -0.596. The van der Waals surface area contributed by atoms with E-state index in [9.17, 15) is 9.59 Å². The van der Waals surface area contributed by atoms with Gasteiger partial charge in [-0.3, -0.25) is 9.59 Å². The maximum Gasteiger partial charge on any atom is 0.304 e. The van der Waals surface area contributed by atoms with Crippen molar-refractivity contribution in [3.8, 4) is 5.75 Å². The summed E-state index contributed by atoms with van der Waals surface area (Å²) in [5.74, 6) is 0.135. The number of carbonyl (C=O) groups is 2. The molecule has 2 N–H and O–H groups in total. The number of benzene rings is 3. The number of aryl methyl sites for hydroxylation is 1. The smallest absolute Gasteiger partial charge is 0.304 e. The van der Waals surface area contributed by atoms with E-state index in [4.69, 9.17) is 16.3 Å². The molecule has 0 spiro atoms. The summed E-state index contributed by atoms with van der Waals surface area (Å²) in [7, 11) is 1.61.